The quantitative estimate of drug-likeness (QED) is 0.594. The minimum atomic E-state index is -0.209. The molecule has 7 nitrogen and oxygen atoms in total. The number of fused-ring (bicyclic) bond motifs is 1. The Balaban J connectivity index is 1.41. The highest BCUT2D eigenvalue weighted by Gasteiger charge is 2.15. The van der Waals surface area contributed by atoms with Crippen LogP contribution in [0.2, 0.25) is 0 Å². The molecule has 1 aliphatic rings. The number of carbonyl (C=O) groups excluding carboxylic acids is 1. The van der Waals surface area contributed by atoms with E-state index in [1.807, 2.05) is 24.1 Å². The zero-order valence-electron chi connectivity index (χ0n) is 16.7. The zero-order valence-corrected chi connectivity index (χ0v) is 17.6. The molecule has 0 saturated carbocycles. The van der Waals surface area contributed by atoms with Crippen LogP contribution in [0.25, 0.3) is 10.3 Å². The van der Waals surface area contributed by atoms with Crippen molar-refractivity contribution >= 4 is 44.4 Å². The van der Waals surface area contributed by atoms with E-state index in [1.54, 1.807) is 0 Å². The zero-order chi connectivity index (χ0) is 20.2. The molecule has 1 saturated heterocycles. The first-order valence-electron chi connectivity index (χ1n) is 9.92. The third kappa shape index (κ3) is 4.83. The maximum Gasteiger partial charge on any atom is 0.321 e. The topological polar surface area (TPSA) is 82.2 Å². The highest BCUT2D eigenvalue weighted by atomic mass is 32.1. The number of benzene rings is 1. The number of nitrogens with zero attached hydrogens (tertiary/aromatic N) is 3. The first kappa shape index (κ1) is 19.6. The Morgan fingerprint density at radius 1 is 1.17 bits per heavy atom. The van der Waals surface area contributed by atoms with E-state index in [1.165, 1.54) is 16.9 Å². The van der Waals surface area contributed by atoms with Gasteiger partial charge in [-0.15, -0.1) is 0 Å². The molecule has 0 aliphatic carbocycles. The fraction of sp³-hybridized carbons (Fsp3) is 0.381. The number of hydrogen-bond acceptors (Lipinski definition) is 6. The summed E-state index contributed by atoms with van der Waals surface area (Å²) in [4.78, 5) is 24.3. The Labute approximate surface area is 174 Å². The van der Waals surface area contributed by atoms with Crippen LogP contribution in [0.15, 0.2) is 36.4 Å². The van der Waals surface area contributed by atoms with Crippen molar-refractivity contribution in [3.8, 4) is 0 Å². The Kier molecular flexibility index (Phi) is 5.92. The second kappa shape index (κ2) is 8.75. The number of nitrogens with one attached hydrogen (secondary N) is 3. The van der Waals surface area contributed by atoms with Crippen LogP contribution in [0, 0.1) is 12.8 Å². The summed E-state index contributed by atoms with van der Waals surface area (Å²) >= 11 is 1.39. The van der Waals surface area contributed by atoms with Crippen LogP contribution >= 0.6 is 11.3 Å². The average molecular weight is 411 g/mol. The number of amides is 2. The molecule has 1 aromatic carbocycles. The number of anilines is 3. The fourth-order valence-electron chi connectivity index (χ4n) is 3.41. The number of piperidine rings is 1. The van der Waals surface area contributed by atoms with Gasteiger partial charge in [0.2, 0.25) is 0 Å². The second-order valence-corrected chi connectivity index (χ2v) is 8.41. The number of urea groups is 1. The van der Waals surface area contributed by atoms with E-state index in [9.17, 15) is 4.79 Å². The van der Waals surface area contributed by atoms with E-state index >= 15 is 0 Å². The number of thiazole rings is 1. The normalized spacial score (nSPS) is 14.7. The number of pyridine rings is 1. The molecule has 2 amide bonds. The first-order chi connectivity index (χ1) is 14.1. The molecule has 1 fully saturated rings. The van der Waals surface area contributed by atoms with Crippen LogP contribution in [0.1, 0.15) is 18.4 Å². The van der Waals surface area contributed by atoms with Crippen molar-refractivity contribution in [1.82, 2.24) is 20.6 Å². The molecule has 0 spiro atoms. The number of carbonyl (C=O) groups is 1. The van der Waals surface area contributed by atoms with Gasteiger partial charge in [-0.1, -0.05) is 29.0 Å². The van der Waals surface area contributed by atoms with E-state index in [-0.39, 0.29) is 6.03 Å². The molecule has 0 unspecified atom stereocenters. The van der Waals surface area contributed by atoms with Crippen LogP contribution in [0.4, 0.5) is 21.4 Å². The number of aryl methyl sites for hydroxylation is 1. The molecule has 29 heavy (non-hydrogen) atoms. The van der Waals surface area contributed by atoms with Gasteiger partial charge in [-0.3, -0.25) is 5.32 Å². The largest absolute Gasteiger partial charge is 0.338 e. The first-order valence-corrected chi connectivity index (χ1v) is 10.7. The van der Waals surface area contributed by atoms with E-state index < -0.39 is 0 Å². The van der Waals surface area contributed by atoms with E-state index in [0.29, 0.717) is 17.6 Å². The lowest BCUT2D eigenvalue weighted by atomic mass is 9.98. The van der Waals surface area contributed by atoms with Crippen LogP contribution in [-0.2, 0) is 0 Å². The Morgan fingerprint density at radius 2 is 1.93 bits per heavy atom. The molecule has 3 aromatic rings. The maximum atomic E-state index is 12.2. The Hall–Kier alpha value is -2.71. The molecule has 0 bridgehead atoms. The van der Waals surface area contributed by atoms with Gasteiger partial charge < -0.3 is 15.5 Å². The van der Waals surface area contributed by atoms with Gasteiger partial charge in [0.1, 0.15) is 16.2 Å². The van der Waals surface area contributed by atoms with Crippen molar-refractivity contribution < 1.29 is 4.79 Å². The molecule has 0 atom stereocenters. The van der Waals surface area contributed by atoms with Crippen LogP contribution in [0.5, 0.6) is 0 Å². The van der Waals surface area contributed by atoms with Gasteiger partial charge in [0.25, 0.3) is 0 Å². The highest BCUT2D eigenvalue weighted by molar-refractivity contribution is 7.22. The van der Waals surface area contributed by atoms with Crippen molar-refractivity contribution in [2.45, 2.75) is 19.8 Å². The fourth-order valence-corrected chi connectivity index (χ4v) is 4.24. The van der Waals surface area contributed by atoms with Crippen molar-refractivity contribution in [2.24, 2.45) is 5.92 Å². The third-order valence-electron chi connectivity index (χ3n) is 5.24. The summed E-state index contributed by atoms with van der Waals surface area (Å²) in [5.74, 6) is 1.38. The molecule has 1 aliphatic heterocycles. The van der Waals surface area contributed by atoms with Crippen molar-refractivity contribution in [1.29, 1.82) is 0 Å². The van der Waals surface area contributed by atoms with Gasteiger partial charge >= 0.3 is 6.03 Å². The Morgan fingerprint density at radius 3 is 2.69 bits per heavy atom. The standard InChI is InChI=1S/C21H26N6OS/c1-14-3-5-16(6-4-14)27(2)18-8-7-17-19(25-18)29-21(24-17)26-20(28)23-13-15-9-11-22-12-10-15/h3-8,15,22H,9-13H2,1-2H3,(H2,23,24,26,28). The van der Waals surface area contributed by atoms with Gasteiger partial charge in [0, 0.05) is 19.3 Å². The summed E-state index contributed by atoms with van der Waals surface area (Å²) in [5.41, 5.74) is 3.08. The molecular weight excluding hydrogens is 384 g/mol. The van der Waals surface area contributed by atoms with Crippen LogP contribution in [-0.4, -0.2) is 42.7 Å². The second-order valence-electron chi connectivity index (χ2n) is 7.44. The monoisotopic (exact) mass is 410 g/mol. The number of aromatic nitrogens is 2. The van der Waals surface area contributed by atoms with Gasteiger partial charge in [-0.2, -0.15) is 0 Å². The van der Waals surface area contributed by atoms with E-state index in [4.69, 9.17) is 4.98 Å². The predicted molar refractivity (Wildman–Crippen MR) is 119 cm³/mol. The molecule has 3 heterocycles. The van der Waals surface area contributed by atoms with Gasteiger partial charge in [-0.25, -0.2) is 14.8 Å². The molecule has 8 heteroatoms. The third-order valence-corrected chi connectivity index (χ3v) is 6.12. The minimum absolute atomic E-state index is 0.209. The van der Waals surface area contributed by atoms with Crippen LogP contribution in [0.3, 0.4) is 0 Å². The summed E-state index contributed by atoms with van der Waals surface area (Å²) < 4.78 is 0. The average Bonchev–Trinajstić information content (AvgIpc) is 3.14. The minimum Gasteiger partial charge on any atom is -0.338 e. The summed E-state index contributed by atoms with van der Waals surface area (Å²) in [5, 5.41) is 9.70. The molecule has 2 aromatic heterocycles. The van der Waals surface area contributed by atoms with Crippen molar-refractivity contribution in [3.05, 3.63) is 42.0 Å². The van der Waals surface area contributed by atoms with Crippen molar-refractivity contribution in [3.63, 3.8) is 0 Å². The molecule has 3 N–H and O–H groups in total. The highest BCUT2D eigenvalue weighted by Crippen LogP contribution is 2.29. The van der Waals surface area contributed by atoms with Gasteiger partial charge in [0.15, 0.2) is 5.13 Å². The Bertz CT molecular complexity index is 981. The lowest BCUT2D eigenvalue weighted by molar-refractivity contribution is 0.248. The lowest BCUT2D eigenvalue weighted by Gasteiger charge is -2.22. The van der Waals surface area contributed by atoms with Crippen LogP contribution < -0.4 is 20.9 Å². The number of rotatable bonds is 5. The summed E-state index contributed by atoms with van der Waals surface area (Å²) in [6, 6.07) is 12.0. The smallest absolute Gasteiger partial charge is 0.321 e. The molecule has 0 radical (unpaired) electrons. The summed E-state index contributed by atoms with van der Waals surface area (Å²) in [6.07, 6.45) is 2.20. The maximum absolute atomic E-state index is 12.2. The summed E-state index contributed by atoms with van der Waals surface area (Å²) in [7, 11) is 1.99. The molecular formula is C21H26N6OS. The molecule has 152 valence electrons. The lowest BCUT2D eigenvalue weighted by Crippen LogP contribution is -2.37. The van der Waals surface area contributed by atoms with E-state index in [0.717, 1.165) is 47.8 Å². The van der Waals surface area contributed by atoms with Gasteiger partial charge in [0.05, 0.1) is 0 Å². The van der Waals surface area contributed by atoms with Crippen molar-refractivity contribution in [2.75, 3.05) is 36.9 Å². The predicted octanol–water partition coefficient (Wildman–Crippen LogP) is 3.89. The number of hydrogen-bond donors (Lipinski definition) is 3. The summed E-state index contributed by atoms with van der Waals surface area (Å²) in [6.45, 7) is 4.82. The van der Waals surface area contributed by atoms with Gasteiger partial charge in [-0.05, 0) is 63.0 Å². The SMILES string of the molecule is Cc1ccc(N(C)c2ccc3nc(NC(=O)NCC4CCNCC4)sc3n2)cc1. The van der Waals surface area contributed by atoms with E-state index in [2.05, 4.69) is 52.1 Å². The molecule has 4 rings (SSSR count).